The zero-order chi connectivity index (χ0) is 16.5. The predicted molar refractivity (Wildman–Crippen MR) is 110 cm³/mol. The van der Waals surface area contributed by atoms with E-state index in [1.165, 1.54) is 0 Å². The molecule has 0 aromatic carbocycles. The summed E-state index contributed by atoms with van der Waals surface area (Å²) in [6.45, 7) is 6.18. The lowest BCUT2D eigenvalue weighted by molar-refractivity contribution is 0.396. The first-order chi connectivity index (χ1) is 11.2. The summed E-state index contributed by atoms with van der Waals surface area (Å²) in [5, 5.41) is 9.76. The zero-order valence-electron chi connectivity index (χ0n) is 14.2. The molecule has 0 amide bonds. The molecule has 2 aromatic heterocycles. The standard InChI is InChI=1S/C16H23N5OS.HI/c1-4-17-16(18-9-8-14-11-23-12(2)20-14)19-10-13-6-5-7-15(21-13)22-3;/h5-7,11H,4,8-10H2,1-3H3,(H2,17,18,19);1H. The zero-order valence-corrected chi connectivity index (χ0v) is 17.4. The Hall–Kier alpha value is -1.42. The Morgan fingerprint density at radius 2 is 2.08 bits per heavy atom. The van der Waals surface area contributed by atoms with Crippen LogP contribution in [-0.4, -0.2) is 36.1 Å². The van der Waals surface area contributed by atoms with E-state index < -0.39 is 0 Å². The molecule has 2 aromatic rings. The van der Waals surface area contributed by atoms with Crippen LogP contribution >= 0.6 is 35.3 Å². The third kappa shape index (κ3) is 7.00. The molecule has 0 spiro atoms. The maximum Gasteiger partial charge on any atom is 0.213 e. The van der Waals surface area contributed by atoms with Crippen LogP contribution in [0.1, 0.15) is 23.3 Å². The lowest BCUT2D eigenvalue weighted by Crippen LogP contribution is -2.38. The molecule has 0 aliphatic rings. The summed E-state index contributed by atoms with van der Waals surface area (Å²) in [6.07, 6.45) is 0.881. The molecule has 24 heavy (non-hydrogen) atoms. The monoisotopic (exact) mass is 461 g/mol. The van der Waals surface area contributed by atoms with Crippen molar-refractivity contribution in [3.8, 4) is 5.88 Å². The minimum absolute atomic E-state index is 0. The van der Waals surface area contributed by atoms with Gasteiger partial charge in [0.15, 0.2) is 5.96 Å². The average molecular weight is 461 g/mol. The van der Waals surface area contributed by atoms with Gasteiger partial charge in [0.1, 0.15) is 0 Å². The number of rotatable bonds is 7. The van der Waals surface area contributed by atoms with E-state index in [4.69, 9.17) is 4.74 Å². The van der Waals surface area contributed by atoms with Gasteiger partial charge in [0, 0.05) is 31.0 Å². The highest BCUT2D eigenvalue weighted by molar-refractivity contribution is 14.0. The molecule has 0 aliphatic heterocycles. The van der Waals surface area contributed by atoms with Gasteiger partial charge in [-0.3, -0.25) is 0 Å². The number of hydrogen-bond donors (Lipinski definition) is 2. The fourth-order valence-electron chi connectivity index (χ4n) is 1.99. The second kappa shape index (κ2) is 11.2. The molecule has 0 aliphatic carbocycles. The molecule has 0 unspecified atom stereocenters. The second-order valence-electron chi connectivity index (χ2n) is 4.90. The van der Waals surface area contributed by atoms with Gasteiger partial charge in [-0.15, -0.1) is 35.3 Å². The van der Waals surface area contributed by atoms with Crippen LogP contribution in [0.5, 0.6) is 5.88 Å². The number of hydrogen-bond acceptors (Lipinski definition) is 5. The molecule has 0 saturated carbocycles. The van der Waals surface area contributed by atoms with Gasteiger partial charge in [-0.25, -0.2) is 15.0 Å². The molecule has 2 rings (SSSR count). The van der Waals surface area contributed by atoms with Crippen LogP contribution in [0.3, 0.4) is 0 Å². The largest absolute Gasteiger partial charge is 0.481 e. The summed E-state index contributed by atoms with van der Waals surface area (Å²) in [4.78, 5) is 13.4. The number of aromatic nitrogens is 2. The Kier molecular flexibility index (Phi) is 9.62. The smallest absolute Gasteiger partial charge is 0.213 e. The number of aliphatic imine (C=N–C) groups is 1. The van der Waals surface area contributed by atoms with E-state index in [0.29, 0.717) is 12.4 Å². The Labute approximate surface area is 164 Å². The number of nitrogens with zero attached hydrogens (tertiary/aromatic N) is 3. The van der Waals surface area contributed by atoms with Crippen LogP contribution in [0.25, 0.3) is 0 Å². The van der Waals surface area contributed by atoms with Crippen molar-refractivity contribution in [1.29, 1.82) is 0 Å². The quantitative estimate of drug-likeness (QED) is 0.377. The molecule has 2 heterocycles. The van der Waals surface area contributed by atoms with Crippen LogP contribution in [0, 0.1) is 6.92 Å². The van der Waals surface area contributed by atoms with Crippen molar-refractivity contribution >= 4 is 41.3 Å². The van der Waals surface area contributed by atoms with E-state index in [1.54, 1.807) is 18.4 Å². The molecule has 0 radical (unpaired) electrons. The van der Waals surface area contributed by atoms with Gasteiger partial charge in [0.25, 0.3) is 0 Å². The normalized spacial score (nSPS) is 10.9. The number of halogens is 1. The second-order valence-corrected chi connectivity index (χ2v) is 5.96. The van der Waals surface area contributed by atoms with E-state index in [1.807, 2.05) is 32.0 Å². The molecule has 8 heteroatoms. The van der Waals surface area contributed by atoms with Crippen molar-refractivity contribution in [2.24, 2.45) is 4.99 Å². The first-order valence-corrected chi connectivity index (χ1v) is 8.52. The SMILES string of the molecule is CCNC(=NCc1cccc(OC)n1)NCCc1csc(C)n1.I. The minimum Gasteiger partial charge on any atom is -0.481 e. The molecule has 0 saturated heterocycles. The van der Waals surface area contributed by atoms with Gasteiger partial charge >= 0.3 is 0 Å². The summed E-state index contributed by atoms with van der Waals surface area (Å²) in [7, 11) is 1.61. The number of nitrogens with one attached hydrogen (secondary N) is 2. The Morgan fingerprint density at radius 3 is 2.75 bits per heavy atom. The number of guanidine groups is 1. The van der Waals surface area contributed by atoms with Crippen molar-refractivity contribution < 1.29 is 4.74 Å². The maximum absolute atomic E-state index is 5.13. The molecule has 132 valence electrons. The Bertz CT molecular complexity index is 647. The topological polar surface area (TPSA) is 71.4 Å². The highest BCUT2D eigenvalue weighted by Crippen LogP contribution is 2.08. The number of ether oxygens (including phenoxy) is 1. The fourth-order valence-corrected chi connectivity index (χ4v) is 2.64. The number of aryl methyl sites for hydroxylation is 1. The van der Waals surface area contributed by atoms with Crippen LogP contribution in [0.15, 0.2) is 28.6 Å². The summed E-state index contributed by atoms with van der Waals surface area (Å²) in [6, 6.07) is 5.68. The van der Waals surface area contributed by atoms with Gasteiger partial charge in [-0.05, 0) is 19.9 Å². The van der Waals surface area contributed by atoms with Gasteiger partial charge in [0.05, 0.1) is 30.1 Å². The lowest BCUT2D eigenvalue weighted by atomic mass is 10.3. The lowest BCUT2D eigenvalue weighted by Gasteiger charge is -2.10. The minimum atomic E-state index is 0. The molecule has 0 fully saturated rings. The van der Waals surface area contributed by atoms with Crippen molar-refractivity contribution in [3.05, 3.63) is 40.0 Å². The predicted octanol–water partition coefficient (Wildman–Crippen LogP) is 2.77. The third-order valence-corrected chi connectivity index (χ3v) is 3.90. The number of pyridine rings is 1. The van der Waals surface area contributed by atoms with Crippen LogP contribution in [0.2, 0.25) is 0 Å². The fraction of sp³-hybridized carbons (Fsp3) is 0.438. The van der Waals surface area contributed by atoms with Gasteiger partial charge < -0.3 is 15.4 Å². The number of thiazole rings is 1. The third-order valence-electron chi connectivity index (χ3n) is 3.07. The van der Waals surface area contributed by atoms with Gasteiger partial charge in [-0.2, -0.15) is 0 Å². The number of methoxy groups -OCH3 is 1. The van der Waals surface area contributed by atoms with Crippen molar-refractivity contribution in [2.75, 3.05) is 20.2 Å². The molecular formula is C16H24IN5OS. The van der Waals surface area contributed by atoms with Gasteiger partial charge in [0.2, 0.25) is 5.88 Å². The summed E-state index contributed by atoms with van der Waals surface area (Å²) < 4.78 is 5.13. The molecular weight excluding hydrogens is 437 g/mol. The highest BCUT2D eigenvalue weighted by Gasteiger charge is 2.02. The van der Waals surface area contributed by atoms with Gasteiger partial charge in [-0.1, -0.05) is 6.07 Å². The summed E-state index contributed by atoms with van der Waals surface area (Å²) >= 11 is 1.68. The van der Waals surface area contributed by atoms with Crippen molar-refractivity contribution in [1.82, 2.24) is 20.6 Å². The molecule has 6 nitrogen and oxygen atoms in total. The molecule has 2 N–H and O–H groups in total. The Balaban J connectivity index is 0.00000288. The van der Waals surface area contributed by atoms with Crippen LogP contribution < -0.4 is 15.4 Å². The molecule has 0 atom stereocenters. The highest BCUT2D eigenvalue weighted by atomic mass is 127. The first kappa shape index (κ1) is 20.6. The first-order valence-electron chi connectivity index (χ1n) is 7.64. The molecule has 0 bridgehead atoms. The van der Waals surface area contributed by atoms with Crippen LogP contribution in [-0.2, 0) is 13.0 Å². The maximum atomic E-state index is 5.13. The van der Waals surface area contributed by atoms with E-state index in [0.717, 1.165) is 41.9 Å². The van der Waals surface area contributed by atoms with E-state index in [2.05, 4.69) is 31.0 Å². The van der Waals surface area contributed by atoms with E-state index >= 15 is 0 Å². The summed E-state index contributed by atoms with van der Waals surface area (Å²) in [5.41, 5.74) is 1.99. The van der Waals surface area contributed by atoms with Crippen LogP contribution in [0.4, 0.5) is 0 Å². The Morgan fingerprint density at radius 1 is 1.25 bits per heavy atom. The summed E-state index contributed by atoms with van der Waals surface area (Å²) in [5.74, 6) is 1.39. The van der Waals surface area contributed by atoms with E-state index in [-0.39, 0.29) is 24.0 Å². The average Bonchev–Trinajstić information content (AvgIpc) is 2.98. The van der Waals surface area contributed by atoms with E-state index in [9.17, 15) is 0 Å². The van der Waals surface area contributed by atoms with Crippen molar-refractivity contribution in [2.45, 2.75) is 26.8 Å². The van der Waals surface area contributed by atoms with Crippen molar-refractivity contribution in [3.63, 3.8) is 0 Å².